The second-order valence-electron chi connectivity index (χ2n) is 7.07. The molecule has 3 heterocycles. The molecule has 2 aliphatic heterocycles. The molecule has 122 valence electrons. The van der Waals surface area contributed by atoms with Crippen molar-refractivity contribution in [1.82, 2.24) is 14.7 Å². The Kier molecular flexibility index (Phi) is 3.74. The minimum atomic E-state index is -0.702. The molecule has 2 aliphatic rings. The number of fused-ring (bicyclic) bond motifs is 2. The molecule has 2 unspecified atom stereocenters. The highest BCUT2D eigenvalue weighted by atomic mass is 16.3. The van der Waals surface area contributed by atoms with Crippen LogP contribution in [0.4, 0.5) is 0 Å². The van der Waals surface area contributed by atoms with Crippen molar-refractivity contribution < 1.29 is 5.11 Å². The summed E-state index contributed by atoms with van der Waals surface area (Å²) in [6.07, 6.45) is 7.92. The molecule has 23 heavy (non-hydrogen) atoms. The van der Waals surface area contributed by atoms with Crippen LogP contribution in [0.2, 0.25) is 0 Å². The van der Waals surface area contributed by atoms with Gasteiger partial charge in [0.25, 0.3) is 0 Å². The molecule has 4 heteroatoms. The molecule has 1 aromatic heterocycles. The van der Waals surface area contributed by atoms with Crippen LogP contribution in [0, 0.1) is 0 Å². The summed E-state index contributed by atoms with van der Waals surface area (Å²) in [5, 5.41) is 15.6. The van der Waals surface area contributed by atoms with Crippen LogP contribution in [0.25, 0.3) is 0 Å². The van der Waals surface area contributed by atoms with Gasteiger partial charge >= 0.3 is 0 Å². The second-order valence-corrected chi connectivity index (χ2v) is 7.07. The van der Waals surface area contributed by atoms with Crippen LogP contribution in [-0.2, 0) is 18.7 Å². The molecule has 0 amide bonds. The first kappa shape index (κ1) is 14.9. The third kappa shape index (κ3) is 2.70. The van der Waals surface area contributed by atoms with Gasteiger partial charge in [0.2, 0.25) is 0 Å². The fraction of sp³-hybridized carbons (Fsp3) is 0.526. The largest absolute Gasteiger partial charge is 0.385 e. The van der Waals surface area contributed by atoms with Crippen molar-refractivity contribution in [2.75, 3.05) is 0 Å². The van der Waals surface area contributed by atoms with Gasteiger partial charge in [-0.1, -0.05) is 30.3 Å². The summed E-state index contributed by atoms with van der Waals surface area (Å²) in [6, 6.07) is 11.6. The van der Waals surface area contributed by atoms with E-state index in [0.29, 0.717) is 12.1 Å². The Morgan fingerprint density at radius 3 is 2.48 bits per heavy atom. The number of rotatable bonds is 4. The van der Waals surface area contributed by atoms with Gasteiger partial charge in [0.1, 0.15) is 0 Å². The Hall–Kier alpha value is -1.65. The van der Waals surface area contributed by atoms with Crippen molar-refractivity contribution in [3.8, 4) is 0 Å². The maximum Gasteiger partial charge on any atom is 0.0956 e. The average molecular weight is 311 g/mol. The first-order valence-electron chi connectivity index (χ1n) is 8.73. The van der Waals surface area contributed by atoms with Crippen LogP contribution >= 0.6 is 0 Å². The van der Waals surface area contributed by atoms with Gasteiger partial charge in [-0.25, -0.2) is 0 Å². The lowest BCUT2D eigenvalue weighted by molar-refractivity contribution is -0.0595. The van der Waals surface area contributed by atoms with Gasteiger partial charge < -0.3 is 5.11 Å². The Morgan fingerprint density at radius 2 is 1.87 bits per heavy atom. The van der Waals surface area contributed by atoms with Crippen LogP contribution in [0.15, 0.2) is 42.7 Å². The number of aliphatic hydroxyl groups is 1. The number of aromatic nitrogens is 2. The molecule has 0 spiro atoms. The first-order valence-corrected chi connectivity index (χ1v) is 8.73. The molecule has 1 N–H and O–H groups in total. The highest BCUT2D eigenvalue weighted by Gasteiger charge is 2.48. The van der Waals surface area contributed by atoms with Crippen molar-refractivity contribution in [3.05, 3.63) is 53.9 Å². The van der Waals surface area contributed by atoms with E-state index in [0.717, 1.165) is 31.5 Å². The Bertz CT molecular complexity index is 652. The number of aryl methyl sites for hydroxylation is 1. The van der Waals surface area contributed by atoms with E-state index < -0.39 is 5.60 Å². The Labute approximate surface area is 137 Å². The van der Waals surface area contributed by atoms with Crippen molar-refractivity contribution in [2.45, 2.75) is 63.4 Å². The maximum atomic E-state index is 11.2. The molecule has 2 fully saturated rings. The minimum Gasteiger partial charge on any atom is -0.385 e. The minimum absolute atomic E-state index is 0.476. The summed E-state index contributed by atoms with van der Waals surface area (Å²) >= 11 is 0. The fourth-order valence-electron chi connectivity index (χ4n) is 4.38. The summed E-state index contributed by atoms with van der Waals surface area (Å²) in [4.78, 5) is 2.61. The quantitative estimate of drug-likeness (QED) is 0.944. The lowest BCUT2D eigenvalue weighted by atomic mass is 9.81. The molecular formula is C19H25N3O. The monoisotopic (exact) mass is 311 g/mol. The van der Waals surface area contributed by atoms with Crippen LogP contribution in [0.1, 0.15) is 43.7 Å². The molecule has 2 atom stereocenters. The average Bonchev–Trinajstić information content (AvgIpc) is 3.14. The third-order valence-electron chi connectivity index (χ3n) is 5.62. The summed E-state index contributed by atoms with van der Waals surface area (Å²) in [5.74, 6) is 0. The number of hydrogen-bond acceptors (Lipinski definition) is 3. The van der Waals surface area contributed by atoms with Crippen LogP contribution < -0.4 is 0 Å². The third-order valence-corrected chi connectivity index (χ3v) is 5.62. The van der Waals surface area contributed by atoms with Gasteiger partial charge in [-0.2, -0.15) is 5.10 Å². The van der Waals surface area contributed by atoms with Crippen LogP contribution in [0.5, 0.6) is 0 Å². The van der Waals surface area contributed by atoms with E-state index in [-0.39, 0.29) is 0 Å². The van der Waals surface area contributed by atoms with Gasteiger partial charge in [0.05, 0.1) is 11.8 Å². The zero-order valence-corrected chi connectivity index (χ0v) is 13.7. The van der Waals surface area contributed by atoms with Crippen molar-refractivity contribution >= 4 is 0 Å². The fourth-order valence-corrected chi connectivity index (χ4v) is 4.38. The van der Waals surface area contributed by atoms with E-state index in [1.165, 1.54) is 18.4 Å². The molecule has 0 radical (unpaired) electrons. The Balaban J connectivity index is 1.53. The Morgan fingerprint density at radius 1 is 1.17 bits per heavy atom. The molecule has 4 rings (SSSR count). The molecule has 1 aromatic carbocycles. The van der Waals surface area contributed by atoms with Gasteiger partial charge in [-0.15, -0.1) is 0 Å². The molecule has 2 aromatic rings. The van der Waals surface area contributed by atoms with Gasteiger partial charge in [0, 0.05) is 36.9 Å². The number of hydrogen-bond donors (Lipinski definition) is 1. The number of nitrogens with zero attached hydrogens (tertiary/aromatic N) is 3. The van der Waals surface area contributed by atoms with E-state index in [2.05, 4.69) is 47.3 Å². The van der Waals surface area contributed by atoms with E-state index in [9.17, 15) is 5.11 Å². The molecule has 0 aliphatic carbocycles. The van der Waals surface area contributed by atoms with Gasteiger partial charge in [-0.3, -0.25) is 9.58 Å². The van der Waals surface area contributed by atoms with E-state index in [1.807, 2.05) is 17.1 Å². The topological polar surface area (TPSA) is 41.3 Å². The van der Waals surface area contributed by atoms with Crippen LogP contribution in [-0.4, -0.2) is 31.9 Å². The van der Waals surface area contributed by atoms with E-state index in [1.54, 1.807) is 0 Å². The molecule has 2 bridgehead atoms. The zero-order valence-electron chi connectivity index (χ0n) is 13.7. The highest BCUT2D eigenvalue weighted by molar-refractivity contribution is 5.21. The smallest absolute Gasteiger partial charge is 0.0956 e. The van der Waals surface area contributed by atoms with Crippen LogP contribution in [0.3, 0.4) is 0 Å². The normalized spacial score (nSPS) is 30.7. The van der Waals surface area contributed by atoms with E-state index in [4.69, 9.17) is 0 Å². The molecule has 2 saturated heterocycles. The molecular weight excluding hydrogens is 286 g/mol. The van der Waals surface area contributed by atoms with Gasteiger partial charge in [-0.05, 0) is 38.2 Å². The lowest BCUT2D eigenvalue weighted by Crippen LogP contribution is -2.49. The standard InChI is InChI=1S/C19H25N3O/c1-2-21-14-16(12-20-21)19(23)10-17-8-9-18(11-19)22(17)13-15-6-4-3-5-7-15/h3-7,12,14,17-18,23H,2,8-11,13H2,1H3. The van der Waals surface area contributed by atoms with Gasteiger partial charge in [0.15, 0.2) is 0 Å². The first-order chi connectivity index (χ1) is 11.2. The molecule has 4 nitrogen and oxygen atoms in total. The summed E-state index contributed by atoms with van der Waals surface area (Å²) in [5.41, 5.74) is 1.66. The zero-order chi connectivity index (χ0) is 15.9. The summed E-state index contributed by atoms with van der Waals surface area (Å²) in [6.45, 7) is 3.93. The second kappa shape index (κ2) is 5.77. The summed E-state index contributed by atoms with van der Waals surface area (Å²) in [7, 11) is 0. The summed E-state index contributed by atoms with van der Waals surface area (Å²) < 4.78 is 1.91. The van der Waals surface area contributed by atoms with E-state index >= 15 is 0 Å². The lowest BCUT2D eigenvalue weighted by Gasteiger charge is -2.43. The predicted molar refractivity (Wildman–Crippen MR) is 89.8 cm³/mol. The van der Waals surface area contributed by atoms with Crippen molar-refractivity contribution in [1.29, 1.82) is 0 Å². The number of piperidine rings is 1. The predicted octanol–water partition coefficient (Wildman–Crippen LogP) is 2.92. The molecule has 0 saturated carbocycles. The van der Waals surface area contributed by atoms with Crippen molar-refractivity contribution in [3.63, 3.8) is 0 Å². The van der Waals surface area contributed by atoms with Crippen molar-refractivity contribution in [2.24, 2.45) is 0 Å². The number of benzene rings is 1. The highest BCUT2D eigenvalue weighted by Crippen LogP contribution is 2.46. The SMILES string of the molecule is CCn1cc(C2(O)CC3CCC(C2)N3Cc2ccccc2)cn1. The maximum absolute atomic E-state index is 11.2.